The van der Waals surface area contributed by atoms with Gasteiger partial charge in [-0.2, -0.15) is 22.0 Å². The second-order valence-electron chi connectivity index (χ2n) is 2.56. The Bertz CT molecular complexity index is 292. The molecule has 0 aromatic heterocycles. The number of hydrogen-bond acceptors (Lipinski definition) is 1. The van der Waals surface area contributed by atoms with Gasteiger partial charge in [-0.15, -0.1) is 0 Å². The smallest absolute Gasteiger partial charge is 0.319 e. The van der Waals surface area contributed by atoms with Gasteiger partial charge in [-0.05, 0) is 12.1 Å². The fourth-order valence-corrected chi connectivity index (χ4v) is 0.774. The molecule has 1 aromatic carbocycles. The molecule has 1 N–H and O–H groups in total. The van der Waals surface area contributed by atoms with Gasteiger partial charge in [0.1, 0.15) is 0 Å². The Morgan fingerprint density at radius 1 is 0.857 bits per heavy atom. The first kappa shape index (κ1) is 10.7. The van der Waals surface area contributed by atoms with Gasteiger partial charge in [-0.25, -0.2) is 0 Å². The highest BCUT2D eigenvalue weighted by molar-refractivity contribution is 5.44. The largest absolute Gasteiger partial charge is 0.475 e. The summed E-state index contributed by atoms with van der Waals surface area (Å²) in [7, 11) is 0. The van der Waals surface area contributed by atoms with Crippen molar-refractivity contribution in [3.63, 3.8) is 0 Å². The SMILES string of the molecule is FC(F)(F)C(F)(F)Nc1ccccc1. The lowest BCUT2D eigenvalue weighted by molar-refractivity contribution is -0.268. The number of benzene rings is 1. The van der Waals surface area contributed by atoms with Crippen molar-refractivity contribution in [1.29, 1.82) is 0 Å². The Balaban J connectivity index is 2.79. The van der Waals surface area contributed by atoms with E-state index in [1.165, 1.54) is 18.2 Å². The van der Waals surface area contributed by atoms with E-state index >= 15 is 0 Å². The molecule has 78 valence electrons. The third kappa shape index (κ3) is 2.34. The Morgan fingerprint density at radius 3 is 1.79 bits per heavy atom. The standard InChI is InChI=1S/C8H6F5N/c9-7(10,11)8(12,13)14-6-4-2-1-3-5-6/h1-5,14H. The Morgan fingerprint density at radius 2 is 1.36 bits per heavy atom. The molecular weight excluding hydrogens is 205 g/mol. The van der Waals surface area contributed by atoms with Crippen LogP contribution < -0.4 is 5.32 Å². The molecule has 14 heavy (non-hydrogen) atoms. The minimum atomic E-state index is -5.59. The molecule has 1 rings (SSSR count). The maximum absolute atomic E-state index is 12.4. The molecule has 0 fully saturated rings. The van der Waals surface area contributed by atoms with E-state index in [0.29, 0.717) is 0 Å². The third-order valence-corrected chi connectivity index (χ3v) is 1.43. The van der Waals surface area contributed by atoms with Gasteiger partial charge < -0.3 is 5.32 Å². The van der Waals surface area contributed by atoms with Crippen molar-refractivity contribution in [1.82, 2.24) is 0 Å². The monoisotopic (exact) mass is 211 g/mol. The van der Waals surface area contributed by atoms with Crippen molar-refractivity contribution in [2.45, 2.75) is 12.2 Å². The van der Waals surface area contributed by atoms with Crippen LogP contribution in [0, 0.1) is 0 Å². The molecular formula is C8H6F5N. The highest BCUT2D eigenvalue weighted by atomic mass is 19.4. The molecule has 0 atom stereocenters. The number of anilines is 1. The number of alkyl halides is 5. The fraction of sp³-hybridized carbons (Fsp3) is 0.250. The van der Waals surface area contributed by atoms with Crippen LogP contribution in [0.5, 0.6) is 0 Å². The van der Waals surface area contributed by atoms with Crippen LogP contribution in [-0.4, -0.2) is 12.2 Å². The molecule has 0 heterocycles. The number of nitrogens with one attached hydrogen (secondary N) is 1. The predicted molar refractivity (Wildman–Crippen MR) is 41.1 cm³/mol. The molecule has 0 radical (unpaired) electrons. The molecule has 6 heteroatoms. The summed E-state index contributed by atoms with van der Waals surface area (Å²) in [6, 6.07) is 1.56. The lowest BCUT2D eigenvalue weighted by atomic mass is 10.3. The predicted octanol–water partition coefficient (Wildman–Crippen LogP) is 3.25. The zero-order chi connectivity index (χ0) is 10.8. The summed E-state index contributed by atoms with van der Waals surface area (Å²) in [5.41, 5.74) is -0.283. The van der Waals surface area contributed by atoms with E-state index in [0.717, 1.165) is 17.4 Å². The van der Waals surface area contributed by atoms with Gasteiger partial charge in [0.15, 0.2) is 0 Å². The molecule has 0 unspecified atom stereocenters. The van der Waals surface area contributed by atoms with Crippen LogP contribution in [0.4, 0.5) is 27.6 Å². The maximum atomic E-state index is 12.4. The first-order valence-corrected chi connectivity index (χ1v) is 3.61. The molecule has 0 saturated heterocycles. The fourth-order valence-electron chi connectivity index (χ4n) is 0.774. The van der Waals surface area contributed by atoms with E-state index < -0.39 is 12.2 Å². The second-order valence-corrected chi connectivity index (χ2v) is 2.56. The summed E-state index contributed by atoms with van der Waals surface area (Å²) in [6.07, 6.45) is -5.59. The van der Waals surface area contributed by atoms with E-state index in [1.54, 1.807) is 0 Å². The van der Waals surface area contributed by atoms with E-state index in [-0.39, 0.29) is 5.69 Å². The van der Waals surface area contributed by atoms with Gasteiger partial charge in [0.25, 0.3) is 0 Å². The van der Waals surface area contributed by atoms with Crippen molar-refractivity contribution in [2.24, 2.45) is 0 Å². The molecule has 0 aliphatic rings. The maximum Gasteiger partial charge on any atom is 0.475 e. The Hall–Kier alpha value is -1.33. The van der Waals surface area contributed by atoms with Crippen LogP contribution in [0.1, 0.15) is 0 Å². The number of para-hydroxylation sites is 1. The summed E-state index contributed by atoms with van der Waals surface area (Å²) in [5, 5.41) is 1.10. The van der Waals surface area contributed by atoms with Crippen LogP contribution in [0.15, 0.2) is 30.3 Å². The second kappa shape index (κ2) is 3.43. The molecule has 0 spiro atoms. The van der Waals surface area contributed by atoms with E-state index in [9.17, 15) is 22.0 Å². The summed E-state index contributed by atoms with van der Waals surface area (Å²) in [4.78, 5) is 0. The summed E-state index contributed by atoms with van der Waals surface area (Å²) >= 11 is 0. The summed E-state index contributed by atoms with van der Waals surface area (Å²) in [6.45, 7) is 0. The average Bonchev–Trinajstić information content (AvgIpc) is 2.03. The Labute approximate surface area is 76.5 Å². The van der Waals surface area contributed by atoms with Crippen molar-refractivity contribution in [2.75, 3.05) is 5.32 Å². The first-order chi connectivity index (χ1) is 6.33. The lowest BCUT2D eigenvalue weighted by Crippen LogP contribution is -2.43. The molecule has 0 saturated carbocycles. The summed E-state index contributed by atoms with van der Waals surface area (Å²) < 4.78 is 59.9. The van der Waals surface area contributed by atoms with E-state index in [2.05, 4.69) is 0 Å². The first-order valence-electron chi connectivity index (χ1n) is 3.61. The van der Waals surface area contributed by atoms with E-state index in [4.69, 9.17) is 0 Å². The van der Waals surface area contributed by atoms with Gasteiger partial charge in [-0.3, -0.25) is 0 Å². The van der Waals surface area contributed by atoms with Gasteiger partial charge in [-0.1, -0.05) is 18.2 Å². The molecule has 1 aromatic rings. The third-order valence-electron chi connectivity index (χ3n) is 1.43. The molecule has 0 amide bonds. The lowest BCUT2D eigenvalue weighted by Gasteiger charge is -2.21. The highest BCUT2D eigenvalue weighted by Crippen LogP contribution is 2.35. The van der Waals surface area contributed by atoms with Crippen LogP contribution in [0.2, 0.25) is 0 Å². The van der Waals surface area contributed by atoms with Gasteiger partial charge >= 0.3 is 12.2 Å². The zero-order valence-corrected chi connectivity index (χ0v) is 6.78. The molecule has 0 aliphatic heterocycles. The molecule has 0 aliphatic carbocycles. The topological polar surface area (TPSA) is 12.0 Å². The minimum Gasteiger partial charge on any atom is -0.319 e. The number of halogens is 5. The van der Waals surface area contributed by atoms with Crippen LogP contribution in [0.3, 0.4) is 0 Å². The molecule has 1 nitrogen and oxygen atoms in total. The quantitative estimate of drug-likeness (QED) is 0.584. The molecule has 0 bridgehead atoms. The van der Waals surface area contributed by atoms with Gasteiger partial charge in [0.05, 0.1) is 0 Å². The summed E-state index contributed by atoms with van der Waals surface area (Å²) in [5.74, 6) is 0. The van der Waals surface area contributed by atoms with Crippen molar-refractivity contribution < 1.29 is 22.0 Å². The Kier molecular flexibility index (Phi) is 2.64. The number of rotatable bonds is 2. The van der Waals surface area contributed by atoms with Crippen LogP contribution in [-0.2, 0) is 0 Å². The average molecular weight is 211 g/mol. The minimum absolute atomic E-state index is 0.283. The number of hydrogen-bond donors (Lipinski definition) is 1. The van der Waals surface area contributed by atoms with Crippen molar-refractivity contribution in [3.8, 4) is 0 Å². The normalized spacial score (nSPS) is 12.6. The van der Waals surface area contributed by atoms with Crippen LogP contribution >= 0.6 is 0 Å². The zero-order valence-electron chi connectivity index (χ0n) is 6.78. The highest BCUT2D eigenvalue weighted by Gasteiger charge is 2.57. The van der Waals surface area contributed by atoms with Crippen LogP contribution in [0.25, 0.3) is 0 Å². The van der Waals surface area contributed by atoms with E-state index in [1.807, 2.05) is 0 Å². The van der Waals surface area contributed by atoms with Gasteiger partial charge in [0.2, 0.25) is 0 Å². The van der Waals surface area contributed by atoms with Crippen molar-refractivity contribution in [3.05, 3.63) is 30.3 Å². The van der Waals surface area contributed by atoms with Gasteiger partial charge in [0, 0.05) is 5.69 Å². The van der Waals surface area contributed by atoms with Crippen molar-refractivity contribution >= 4 is 5.69 Å².